The van der Waals surface area contributed by atoms with Gasteiger partial charge in [0.05, 0.1) is 18.7 Å². The van der Waals surface area contributed by atoms with Gasteiger partial charge < -0.3 is 5.32 Å². The monoisotopic (exact) mass is 255 g/mol. The largest absolute Gasteiger partial charge is 0.350 e. The number of carbonyl (C=O) groups excluding carboxylic acids is 1. The zero-order valence-corrected chi connectivity index (χ0v) is 10.8. The van der Waals surface area contributed by atoms with Crippen molar-refractivity contribution >= 4 is 5.91 Å². The van der Waals surface area contributed by atoms with Gasteiger partial charge in [-0.1, -0.05) is 18.2 Å². The van der Waals surface area contributed by atoms with Crippen molar-refractivity contribution < 1.29 is 4.79 Å². The Balaban J connectivity index is 1.57. The van der Waals surface area contributed by atoms with E-state index in [-0.39, 0.29) is 5.91 Å². The first-order valence-electron chi connectivity index (χ1n) is 6.67. The summed E-state index contributed by atoms with van der Waals surface area (Å²) in [5, 5.41) is 9.56. The molecule has 0 radical (unpaired) electrons. The Bertz CT molecular complexity index is 575. The van der Waals surface area contributed by atoms with Crippen molar-refractivity contribution in [3.8, 4) is 0 Å². The summed E-state index contributed by atoms with van der Waals surface area (Å²) in [5.74, 6) is 0.0487. The Kier molecular flexibility index (Phi) is 3.31. The summed E-state index contributed by atoms with van der Waals surface area (Å²) in [6.45, 7) is 0.504. The summed E-state index contributed by atoms with van der Waals surface area (Å²) in [5.41, 5.74) is 4.88. The third-order valence-corrected chi connectivity index (χ3v) is 3.56. The van der Waals surface area contributed by atoms with E-state index in [1.165, 1.54) is 24.0 Å². The summed E-state index contributed by atoms with van der Waals surface area (Å²) in [6, 6.07) is 8.27. The van der Waals surface area contributed by atoms with Crippen molar-refractivity contribution in [1.82, 2.24) is 15.5 Å². The smallest absolute Gasteiger partial charge is 0.224 e. The molecule has 19 heavy (non-hydrogen) atoms. The zero-order chi connectivity index (χ0) is 13.1. The lowest BCUT2D eigenvalue weighted by molar-refractivity contribution is -0.120. The van der Waals surface area contributed by atoms with Gasteiger partial charge in [-0.15, -0.1) is 0 Å². The third kappa shape index (κ3) is 2.84. The van der Waals surface area contributed by atoms with E-state index in [0.29, 0.717) is 13.0 Å². The minimum atomic E-state index is 0.0487. The summed E-state index contributed by atoms with van der Waals surface area (Å²) in [4.78, 5) is 11.9. The highest BCUT2D eigenvalue weighted by molar-refractivity contribution is 5.78. The van der Waals surface area contributed by atoms with Gasteiger partial charge in [0.1, 0.15) is 0 Å². The number of nitrogens with zero attached hydrogens (tertiary/aromatic N) is 1. The van der Waals surface area contributed by atoms with Gasteiger partial charge in [0.2, 0.25) is 5.91 Å². The number of H-pyrrole nitrogens is 1. The van der Waals surface area contributed by atoms with Crippen molar-refractivity contribution in [2.75, 3.05) is 0 Å². The van der Waals surface area contributed by atoms with E-state index in [1.54, 1.807) is 6.20 Å². The molecule has 1 aliphatic carbocycles. The maximum absolute atomic E-state index is 11.9. The fourth-order valence-electron chi connectivity index (χ4n) is 2.56. The van der Waals surface area contributed by atoms with Crippen LogP contribution in [0.25, 0.3) is 0 Å². The van der Waals surface area contributed by atoms with Gasteiger partial charge in [0.25, 0.3) is 0 Å². The molecule has 0 bridgehead atoms. The maximum atomic E-state index is 11.9. The first-order chi connectivity index (χ1) is 9.31. The second-order valence-corrected chi connectivity index (χ2v) is 4.99. The molecule has 1 aliphatic rings. The normalized spacial score (nSPS) is 13.3. The minimum Gasteiger partial charge on any atom is -0.350 e. The van der Waals surface area contributed by atoms with Crippen LogP contribution in [0.5, 0.6) is 0 Å². The molecule has 0 unspecified atom stereocenters. The number of amides is 1. The molecule has 1 heterocycles. The zero-order valence-electron chi connectivity index (χ0n) is 10.8. The maximum Gasteiger partial charge on any atom is 0.224 e. The van der Waals surface area contributed by atoms with Crippen LogP contribution in [0.2, 0.25) is 0 Å². The van der Waals surface area contributed by atoms with E-state index in [9.17, 15) is 4.79 Å². The van der Waals surface area contributed by atoms with E-state index >= 15 is 0 Å². The van der Waals surface area contributed by atoms with Gasteiger partial charge in [-0.2, -0.15) is 5.10 Å². The van der Waals surface area contributed by atoms with E-state index in [4.69, 9.17) is 0 Å². The lowest BCUT2D eigenvalue weighted by Crippen LogP contribution is -2.24. The number of hydrogen-bond acceptors (Lipinski definition) is 2. The predicted octanol–water partition coefficient (Wildman–Crippen LogP) is 1.76. The molecule has 4 heteroatoms. The number of carbonyl (C=O) groups is 1. The van der Waals surface area contributed by atoms with Gasteiger partial charge >= 0.3 is 0 Å². The van der Waals surface area contributed by atoms with Gasteiger partial charge in [-0.3, -0.25) is 9.89 Å². The molecule has 0 fully saturated rings. The predicted molar refractivity (Wildman–Crippen MR) is 72.6 cm³/mol. The number of aryl methyl sites for hydroxylation is 2. The molecule has 1 aromatic carbocycles. The number of aromatic nitrogens is 2. The Labute approximate surface area is 112 Å². The Hall–Kier alpha value is -2.10. The van der Waals surface area contributed by atoms with Crippen molar-refractivity contribution in [3.05, 3.63) is 52.8 Å². The standard InChI is InChI=1S/C15H17N3O/c19-15(16-10-14-6-7-17-18-14)9-11-4-5-12-2-1-3-13(12)8-11/h4-8H,1-3,9-10H2,(H,16,19)(H,17,18). The lowest BCUT2D eigenvalue weighted by atomic mass is 10.0. The quantitative estimate of drug-likeness (QED) is 0.874. The average Bonchev–Trinajstić information content (AvgIpc) is 3.07. The van der Waals surface area contributed by atoms with Crippen LogP contribution in [0.3, 0.4) is 0 Å². The molecule has 0 atom stereocenters. The molecule has 1 aromatic heterocycles. The van der Waals surface area contributed by atoms with Crippen LogP contribution in [-0.4, -0.2) is 16.1 Å². The summed E-state index contributed by atoms with van der Waals surface area (Å²) in [7, 11) is 0. The molecule has 0 saturated carbocycles. The van der Waals surface area contributed by atoms with Gasteiger partial charge in [0.15, 0.2) is 0 Å². The highest BCUT2D eigenvalue weighted by atomic mass is 16.1. The number of benzene rings is 1. The summed E-state index contributed by atoms with van der Waals surface area (Å²) in [6.07, 6.45) is 5.70. The van der Waals surface area contributed by atoms with Crippen LogP contribution in [0.1, 0.15) is 28.8 Å². The van der Waals surface area contributed by atoms with Crippen LogP contribution in [-0.2, 0) is 30.6 Å². The topological polar surface area (TPSA) is 57.8 Å². The second kappa shape index (κ2) is 5.26. The molecule has 2 aromatic rings. The number of aromatic amines is 1. The average molecular weight is 255 g/mol. The Morgan fingerprint density at radius 2 is 2.16 bits per heavy atom. The van der Waals surface area contributed by atoms with E-state index in [1.807, 2.05) is 6.07 Å². The molecule has 3 rings (SSSR count). The molecular formula is C15H17N3O. The first kappa shape index (κ1) is 12.0. The van der Waals surface area contributed by atoms with Crippen molar-refractivity contribution in [3.63, 3.8) is 0 Å². The SMILES string of the molecule is O=C(Cc1ccc2c(c1)CCC2)NCc1ccn[nH]1. The molecule has 1 amide bonds. The first-order valence-corrected chi connectivity index (χ1v) is 6.67. The van der Waals surface area contributed by atoms with Crippen LogP contribution in [0.15, 0.2) is 30.5 Å². The molecule has 0 spiro atoms. The molecule has 0 saturated heterocycles. The van der Waals surface area contributed by atoms with Crippen molar-refractivity contribution in [1.29, 1.82) is 0 Å². The number of fused-ring (bicyclic) bond motifs is 1. The number of rotatable bonds is 4. The van der Waals surface area contributed by atoms with Crippen molar-refractivity contribution in [2.24, 2.45) is 0 Å². The van der Waals surface area contributed by atoms with Crippen LogP contribution < -0.4 is 5.32 Å². The summed E-state index contributed by atoms with van der Waals surface area (Å²) >= 11 is 0. The molecule has 98 valence electrons. The van der Waals surface area contributed by atoms with Crippen LogP contribution in [0.4, 0.5) is 0 Å². The lowest BCUT2D eigenvalue weighted by Gasteiger charge is -2.06. The Morgan fingerprint density at radius 3 is 3.00 bits per heavy atom. The van der Waals surface area contributed by atoms with Crippen LogP contribution >= 0.6 is 0 Å². The molecular weight excluding hydrogens is 238 g/mol. The summed E-state index contributed by atoms with van der Waals surface area (Å²) < 4.78 is 0. The second-order valence-electron chi connectivity index (χ2n) is 4.99. The van der Waals surface area contributed by atoms with E-state index in [2.05, 4.69) is 33.7 Å². The van der Waals surface area contributed by atoms with E-state index < -0.39 is 0 Å². The van der Waals surface area contributed by atoms with Gasteiger partial charge in [-0.05, 0) is 42.0 Å². The van der Waals surface area contributed by atoms with Gasteiger partial charge in [-0.25, -0.2) is 0 Å². The molecule has 4 nitrogen and oxygen atoms in total. The number of hydrogen-bond donors (Lipinski definition) is 2. The third-order valence-electron chi connectivity index (χ3n) is 3.56. The van der Waals surface area contributed by atoms with Crippen LogP contribution in [0, 0.1) is 0 Å². The van der Waals surface area contributed by atoms with Crippen molar-refractivity contribution in [2.45, 2.75) is 32.2 Å². The fourth-order valence-corrected chi connectivity index (χ4v) is 2.56. The highest BCUT2D eigenvalue weighted by Gasteiger charge is 2.12. The molecule has 0 aliphatic heterocycles. The Morgan fingerprint density at radius 1 is 1.26 bits per heavy atom. The number of nitrogens with one attached hydrogen (secondary N) is 2. The highest BCUT2D eigenvalue weighted by Crippen LogP contribution is 2.22. The van der Waals surface area contributed by atoms with Gasteiger partial charge in [0, 0.05) is 6.20 Å². The van der Waals surface area contributed by atoms with E-state index in [0.717, 1.165) is 17.7 Å². The minimum absolute atomic E-state index is 0.0487. The molecule has 2 N–H and O–H groups in total. The fraction of sp³-hybridized carbons (Fsp3) is 0.333.